The summed E-state index contributed by atoms with van der Waals surface area (Å²) in [6, 6.07) is 4.06. The second-order valence-electron chi connectivity index (χ2n) is 5.81. The van der Waals surface area contributed by atoms with Crippen molar-refractivity contribution in [2.75, 3.05) is 25.0 Å². The van der Waals surface area contributed by atoms with Gasteiger partial charge in [0.25, 0.3) is 0 Å². The van der Waals surface area contributed by atoms with Crippen molar-refractivity contribution in [2.24, 2.45) is 5.92 Å². The lowest BCUT2D eigenvalue weighted by atomic mass is 9.84. The molecule has 21 heavy (non-hydrogen) atoms. The highest BCUT2D eigenvalue weighted by atomic mass is 32.1. The molecule has 1 N–H and O–H groups in total. The van der Waals surface area contributed by atoms with E-state index >= 15 is 0 Å². The van der Waals surface area contributed by atoms with Gasteiger partial charge in [0, 0.05) is 12.6 Å². The van der Waals surface area contributed by atoms with Crippen molar-refractivity contribution in [2.45, 2.75) is 18.9 Å². The number of thiazole rings is 1. The molecule has 3 fully saturated rings. The zero-order valence-electron chi connectivity index (χ0n) is 11.5. The van der Waals surface area contributed by atoms with Gasteiger partial charge in [-0.1, -0.05) is 0 Å². The lowest BCUT2D eigenvalue weighted by molar-refractivity contribution is -0.382. The van der Waals surface area contributed by atoms with E-state index in [4.69, 9.17) is 0 Å². The molecule has 3 aliphatic rings. The third-order valence-electron chi connectivity index (χ3n) is 4.66. The van der Waals surface area contributed by atoms with E-state index in [2.05, 4.69) is 15.2 Å². The van der Waals surface area contributed by atoms with Crippen LogP contribution < -0.4 is 5.32 Å². The van der Waals surface area contributed by atoms with E-state index in [-0.39, 0.29) is 10.6 Å². The molecule has 5 rings (SSSR count). The van der Waals surface area contributed by atoms with Crippen LogP contribution in [0.5, 0.6) is 0 Å². The molecule has 1 unspecified atom stereocenters. The maximum absolute atomic E-state index is 11.5. The van der Waals surface area contributed by atoms with Gasteiger partial charge in [0.05, 0.1) is 15.1 Å². The molecule has 110 valence electrons. The Hall–Kier alpha value is -1.73. The number of benzene rings is 1. The minimum absolute atomic E-state index is 0.116. The fourth-order valence-corrected chi connectivity index (χ4v) is 4.23. The number of aromatic nitrogens is 1. The van der Waals surface area contributed by atoms with E-state index in [0.29, 0.717) is 23.2 Å². The summed E-state index contributed by atoms with van der Waals surface area (Å²) in [6.45, 7) is 3.31. The van der Waals surface area contributed by atoms with Gasteiger partial charge in [-0.25, -0.2) is 4.98 Å². The van der Waals surface area contributed by atoms with Crippen molar-refractivity contribution >= 4 is 32.9 Å². The monoisotopic (exact) mass is 304 g/mol. The number of nitrogens with zero attached hydrogens (tertiary/aromatic N) is 3. The number of nitro benzene ring substituents is 1. The van der Waals surface area contributed by atoms with Crippen LogP contribution in [0.2, 0.25) is 0 Å². The van der Waals surface area contributed by atoms with Crippen LogP contribution in [0, 0.1) is 16.0 Å². The van der Waals surface area contributed by atoms with Crippen molar-refractivity contribution in [1.82, 2.24) is 9.88 Å². The van der Waals surface area contributed by atoms with Gasteiger partial charge >= 0.3 is 5.69 Å². The highest BCUT2D eigenvalue weighted by Gasteiger charge is 2.35. The molecule has 3 saturated heterocycles. The average Bonchev–Trinajstić information content (AvgIpc) is 2.96. The van der Waals surface area contributed by atoms with E-state index in [1.54, 1.807) is 5.51 Å². The molecule has 1 aromatic carbocycles. The number of hydrogen-bond donors (Lipinski definition) is 1. The number of rotatable bonds is 3. The molecule has 2 bridgehead atoms. The minimum Gasteiger partial charge on any atom is -0.375 e. The molecule has 4 heterocycles. The Morgan fingerprint density at radius 3 is 2.86 bits per heavy atom. The average molecular weight is 304 g/mol. The van der Waals surface area contributed by atoms with Crippen LogP contribution in [0.15, 0.2) is 17.6 Å². The molecule has 0 amide bonds. The molecule has 0 aliphatic carbocycles. The highest BCUT2D eigenvalue weighted by molar-refractivity contribution is 7.16. The Bertz CT molecular complexity index is 693. The van der Waals surface area contributed by atoms with Crippen LogP contribution in [-0.4, -0.2) is 40.5 Å². The number of anilines is 1. The molecule has 2 aromatic rings. The van der Waals surface area contributed by atoms with Crippen LogP contribution in [-0.2, 0) is 0 Å². The molecular weight excluding hydrogens is 288 g/mol. The fourth-order valence-electron chi connectivity index (χ4n) is 3.55. The number of piperidine rings is 3. The Kier molecular flexibility index (Phi) is 3.04. The summed E-state index contributed by atoms with van der Waals surface area (Å²) in [4.78, 5) is 17.7. The van der Waals surface area contributed by atoms with Gasteiger partial charge in [-0.05, 0) is 44.0 Å². The van der Waals surface area contributed by atoms with E-state index in [0.717, 1.165) is 24.3 Å². The predicted octanol–water partition coefficient (Wildman–Crippen LogP) is 2.71. The third kappa shape index (κ3) is 2.16. The van der Waals surface area contributed by atoms with Gasteiger partial charge in [0.2, 0.25) is 0 Å². The van der Waals surface area contributed by atoms with Gasteiger partial charge in [-0.3, -0.25) is 10.1 Å². The second-order valence-corrected chi connectivity index (χ2v) is 6.69. The Morgan fingerprint density at radius 1 is 1.38 bits per heavy atom. The van der Waals surface area contributed by atoms with Crippen LogP contribution in [0.3, 0.4) is 0 Å². The van der Waals surface area contributed by atoms with Crippen LogP contribution in [0.25, 0.3) is 10.2 Å². The smallest absolute Gasteiger partial charge is 0.319 e. The van der Waals surface area contributed by atoms with Crippen molar-refractivity contribution in [3.8, 4) is 0 Å². The van der Waals surface area contributed by atoms with Crippen molar-refractivity contribution < 1.29 is 4.92 Å². The second kappa shape index (κ2) is 4.92. The molecule has 7 heteroatoms. The summed E-state index contributed by atoms with van der Waals surface area (Å²) >= 11 is 1.43. The number of nitro groups is 1. The van der Waals surface area contributed by atoms with E-state index < -0.39 is 0 Å². The Morgan fingerprint density at radius 2 is 2.19 bits per heavy atom. The summed E-state index contributed by atoms with van der Waals surface area (Å²) in [6.07, 6.45) is 2.37. The maximum Gasteiger partial charge on any atom is 0.319 e. The van der Waals surface area contributed by atoms with E-state index in [9.17, 15) is 10.1 Å². The van der Waals surface area contributed by atoms with Crippen molar-refractivity contribution in [3.05, 3.63) is 27.8 Å². The number of nitrogens with one attached hydrogen (secondary N) is 1. The fraction of sp³-hybridized carbons (Fsp3) is 0.500. The maximum atomic E-state index is 11.5. The first-order valence-corrected chi connectivity index (χ1v) is 8.10. The van der Waals surface area contributed by atoms with E-state index in [1.165, 1.54) is 24.2 Å². The zero-order chi connectivity index (χ0) is 14.4. The SMILES string of the molecule is O=[N+]([O-])c1c(NC2CN3CCC2CC3)ccc2scnc12. The summed E-state index contributed by atoms with van der Waals surface area (Å²) in [5, 5.41) is 14.9. The first kappa shape index (κ1) is 13.0. The van der Waals surface area contributed by atoms with Crippen LogP contribution in [0.4, 0.5) is 11.4 Å². The molecule has 1 aromatic heterocycles. The Labute approximate surface area is 125 Å². The lowest BCUT2D eigenvalue weighted by Crippen LogP contribution is -2.53. The van der Waals surface area contributed by atoms with E-state index in [1.807, 2.05) is 12.1 Å². The number of hydrogen-bond acceptors (Lipinski definition) is 6. The normalized spacial score (nSPS) is 27.9. The quantitative estimate of drug-likeness (QED) is 0.697. The predicted molar refractivity (Wildman–Crippen MR) is 82.8 cm³/mol. The number of fused-ring (bicyclic) bond motifs is 4. The van der Waals surface area contributed by atoms with Crippen LogP contribution in [0.1, 0.15) is 12.8 Å². The van der Waals surface area contributed by atoms with Gasteiger partial charge in [0.1, 0.15) is 5.69 Å². The first-order valence-electron chi connectivity index (χ1n) is 7.22. The third-order valence-corrected chi connectivity index (χ3v) is 5.45. The van der Waals surface area contributed by atoms with Crippen LogP contribution >= 0.6 is 11.3 Å². The Balaban J connectivity index is 1.70. The van der Waals surface area contributed by atoms with Gasteiger partial charge in [-0.15, -0.1) is 11.3 Å². The summed E-state index contributed by atoms with van der Waals surface area (Å²) in [5.74, 6) is 0.626. The van der Waals surface area contributed by atoms with Crippen molar-refractivity contribution in [1.29, 1.82) is 0 Å². The van der Waals surface area contributed by atoms with Gasteiger partial charge in [0.15, 0.2) is 5.52 Å². The molecule has 6 nitrogen and oxygen atoms in total. The summed E-state index contributed by atoms with van der Waals surface area (Å²) in [5.41, 5.74) is 2.88. The summed E-state index contributed by atoms with van der Waals surface area (Å²) < 4.78 is 0.862. The lowest BCUT2D eigenvalue weighted by Gasteiger charge is -2.45. The molecule has 3 aliphatic heterocycles. The topological polar surface area (TPSA) is 71.3 Å². The molecule has 0 spiro atoms. The highest BCUT2D eigenvalue weighted by Crippen LogP contribution is 2.37. The molecule has 0 saturated carbocycles. The standard InChI is InChI=1S/C14H16N4O2S/c19-18(20)14-10(1-2-12-13(14)15-8-21-12)16-11-7-17-5-3-9(11)4-6-17/h1-2,8-9,11,16H,3-7H2. The minimum atomic E-state index is -0.314. The largest absolute Gasteiger partial charge is 0.375 e. The summed E-state index contributed by atoms with van der Waals surface area (Å²) in [7, 11) is 0. The van der Waals surface area contributed by atoms with Gasteiger partial charge in [-0.2, -0.15) is 0 Å². The van der Waals surface area contributed by atoms with Gasteiger partial charge < -0.3 is 10.2 Å². The molecular formula is C14H16N4O2S. The molecule has 0 radical (unpaired) electrons. The molecule has 1 atom stereocenters. The van der Waals surface area contributed by atoms with Crippen molar-refractivity contribution in [3.63, 3.8) is 0 Å². The zero-order valence-corrected chi connectivity index (χ0v) is 12.3. The first-order chi connectivity index (χ1) is 10.2.